The molecule has 2 unspecified atom stereocenters. The fourth-order valence-electron chi connectivity index (χ4n) is 6.83. The summed E-state index contributed by atoms with van der Waals surface area (Å²) in [6.07, 6.45) is 0.975. The van der Waals surface area contributed by atoms with Gasteiger partial charge in [0.15, 0.2) is 8.32 Å². The normalized spacial score (nSPS) is 33.5. The number of carbonyl (C=O) groups is 1. The minimum Gasteiger partial charge on any atom is -0.507 e. The molecule has 0 spiro atoms. The zero-order chi connectivity index (χ0) is 29.1. The molecule has 4 aliphatic rings. The third-order valence-electron chi connectivity index (χ3n) is 10.7. The first kappa shape index (κ1) is 31.2. The number of phenolic OH excluding ortho intramolecular Hbond substituents is 1. The first-order chi connectivity index (χ1) is 18.0. The van der Waals surface area contributed by atoms with Gasteiger partial charge in [0.1, 0.15) is 17.9 Å². The first-order valence-electron chi connectivity index (χ1n) is 14.5. The Morgan fingerprint density at radius 1 is 1.31 bits per heavy atom. The molecule has 1 heterocycles. The number of rotatable bonds is 8. The number of fused-ring (bicyclic) bond motifs is 2. The smallest absolute Gasteiger partial charge is 0.240 e. The fraction of sp³-hybridized carbons (Fsp3) is 0.767. The Labute approximate surface area is 249 Å². The van der Waals surface area contributed by atoms with Crippen LogP contribution in [0.25, 0.3) is 0 Å². The molecule has 8 atom stereocenters. The van der Waals surface area contributed by atoms with Gasteiger partial charge in [0.25, 0.3) is 0 Å². The molecule has 2 bridgehead atoms. The van der Waals surface area contributed by atoms with E-state index in [2.05, 4.69) is 82.5 Å². The van der Waals surface area contributed by atoms with E-state index in [-0.39, 0.29) is 29.3 Å². The van der Waals surface area contributed by atoms with Gasteiger partial charge in [0.2, 0.25) is 5.91 Å². The summed E-state index contributed by atoms with van der Waals surface area (Å²) in [4.78, 5) is 20.5. The molecule has 1 aromatic rings. The lowest BCUT2D eigenvalue weighted by atomic mass is 9.45. The minimum atomic E-state index is -2.08. The summed E-state index contributed by atoms with van der Waals surface area (Å²) >= 11 is 2.11. The van der Waals surface area contributed by atoms with Crippen LogP contribution >= 0.6 is 22.6 Å². The van der Waals surface area contributed by atoms with Crippen molar-refractivity contribution in [2.75, 3.05) is 6.61 Å². The molecule has 9 heteroatoms. The van der Waals surface area contributed by atoms with E-state index >= 15 is 0 Å². The molecule has 220 valence electrons. The van der Waals surface area contributed by atoms with Crippen LogP contribution in [0.4, 0.5) is 0 Å². The minimum absolute atomic E-state index is 0.0284. The molecule has 3 saturated carbocycles. The third kappa shape index (κ3) is 5.95. The molecular weight excluding hydrogens is 623 g/mol. The Balaban J connectivity index is 1.59. The van der Waals surface area contributed by atoms with Crippen LogP contribution in [0.15, 0.2) is 18.2 Å². The number of amides is 1. The number of nitrogens with one attached hydrogen (secondary N) is 1. The van der Waals surface area contributed by atoms with Gasteiger partial charge >= 0.3 is 0 Å². The molecule has 1 amide bonds. The van der Waals surface area contributed by atoms with Crippen molar-refractivity contribution in [1.82, 2.24) is 10.4 Å². The van der Waals surface area contributed by atoms with Gasteiger partial charge in [-0.1, -0.05) is 53.7 Å². The molecule has 0 radical (unpaired) electrons. The van der Waals surface area contributed by atoms with Crippen LogP contribution in [0.1, 0.15) is 66.9 Å². The van der Waals surface area contributed by atoms with Gasteiger partial charge in [-0.2, -0.15) is 5.06 Å². The summed E-state index contributed by atoms with van der Waals surface area (Å²) < 4.78 is 7.27. The van der Waals surface area contributed by atoms with Crippen molar-refractivity contribution >= 4 is 36.8 Å². The second-order valence-electron chi connectivity index (χ2n) is 14.4. The second kappa shape index (κ2) is 11.2. The molecule has 39 heavy (non-hydrogen) atoms. The van der Waals surface area contributed by atoms with Gasteiger partial charge in [0.05, 0.1) is 22.8 Å². The van der Waals surface area contributed by atoms with E-state index < -0.39 is 32.5 Å². The number of benzene rings is 1. The SMILES string of the molecule is C[C@H](O)[C@@H]1[C@H](CO[Si](C)(C)C(C)(C)C)ON(Cc2cccc(I)c2O)[C@@H]1C(=O)NC1CC2C[C@@H]([C@@H]1C)C2(C)C. The van der Waals surface area contributed by atoms with Crippen molar-refractivity contribution in [3.8, 4) is 5.75 Å². The molecule has 1 aliphatic heterocycles. The summed E-state index contributed by atoms with van der Waals surface area (Å²) in [5.74, 6) is 1.24. The van der Waals surface area contributed by atoms with Crippen molar-refractivity contribution in [1.29, 1.82) is 0 Å². The summed E-state index contributed by atoms with van der Waals surface area (Å²) in [5.41, 5.74) is 1.02. The Morgan fingerprint density at radius 3 is 2.54 bits per heavy atom. The highest BCUT2D eigenvalue weighted by Crippen LogP contribution is 2.61. The standard InChI is InChI=1S/C30H49IN2O5Si/c1-17-21-13-20(30(21,6)7)14-23(17)32-28(36)26-25(18(2)34)24(16-37-39(8,9)29(3,4)5)38-33(26)15-19-11-10-12-22(31)27(19)35/h10-12,17-18,20-21,23-26,34-35H,13-16H2,1-9H3,(H,32,36)/t17-,18-,20?,21-,23?,24-,25+,26-/m0/s1. The maximum Gasteiger partial charge on any atom is 0.240 e. The Hall–Kier alpha value is -0.723. The van der Waals surface area contributed by atoms with E-state index in [0.717, 1.165) is 9.99 Å². The lowest BCUT2D eigenvalue weighted by Crippen LogP contribution is -2.62. The van der Waals surface area contributed by atoms with Crippen LogP contribution in [0.2, 0.25) is 18.1 Å². The molecule has 5 rings (SSSR count). The third-order valence-corrected chi connectivity index (χ3v) is 16.1. The van der Waals surface area contributed by atoms with E-state index in [1.165, 1.54) is 6.42 Å². The van der Waals surface area contributed by atoms with Gasteiger partial charge < -0.3 is 20.0 Å². The van der Waals surface area contributed by atoms with Crippen molar-refractivity contribution in [3.05, 3.63) is 27.3 Å². The Morgan fingerprint density at radius 2 is 1.97 bits per heavy atom. The Bertz CT molecular complexity index is 1060. The number of hydrogen-bond donors (Lipinski definition) is 3. The van der Waals surface area contributed by atoms with E-state index in [4.69, 9.17) is 9.26 Å². The van der Waals surface area contributed by atoms with Crippen LogP contribution in [0.5, 0.6) is 5.75 Å². The molecule has 4 fully saturated rings. The van der Waals surface area contributed by atoms with Gasteiger partial charge in [-0.25, -0.2) is 0 Å². The Kier molecular flexibility index (Phi) is 8.94. The van der Waals surface area contributed by atoms with Gasteiger partial charge in [-0.05, 0) is 89.7 Å². The largest absolute Gasteiger partial charge is 0.507 e. The number of aromatic hydroxyl groups is 1. The number of aliphatic hydroxyl groups excluding tert-OH is 1. The second-order valence-corrected chi connectivity index (χ2v) is 20.3. The van der Waals surface area contributed by atoms with E-state index in [1.54, 1.807) is 12.0 Å². The summed E-state index contributed by atoms with van der Waals surface area (Å²) in [6, 6.07) is 5.00. The zero-order valence-corrected chi connectivity index (χ0v) is 28.3. The number of halogens is 1. The average Bonchev–Trinajstić information content (AvgIpc) is 3.19. The van der Waals surface area contributed by atoms with Crippen LogP contribution in [0, 0.1) is 32.7 Å². The quantitative estimate of drug-likeness (QED) is 0.243. The van der Waals surface area contributed by atoms with Gasteiger partial charge in [0, 0.05) is 17.5 Å². The molecule has 3 N–H and O–H groups in total. The number of para-hydroxylation sites is 1. The zero-order valence-electron chi connectivity index (χ0n) is 25.1. The lowest BCUT2D eigenvalue weighted by Gasteiger charge is -2.62. The van der Waals surface area contributed by atoms with Crippen molar-refractivity contribution in [2.24, 2.45) is 29.1 Å². The van der Waals surface area contributed by atoms with Gasteiger partial charge in [-0.3, -0.25) is 9.63 Å². The molecule has 1 saturated heterocycles. The highest BCUT2D eigenvalue weighted by atomic mass is 127. The van der Waals surface area contributed by atoms with Crippen LogP contribution in [0.3, 0.4) is 0 Å². The number of hydrogen-bond acceptors (Lipinski definition) is 6. The topological polar surface area (TPSA) is 91.3 Å². The maximum absolute atomic E-state index is 14.1. The van der Waals surface area contributed by atoms with E-state index in [0.29, 0.717) is 35.3 Å². The molecule has 1 aromatic carbocycles. The number of hydroxylamine groups is 2. The number of aliphatic hydroxyl groups is 1. The highest BCUT2D eigenvalue weighted by molar-refractivity contribution is 14.1. The summed E-state index contributed by atoms with van der Waals surface area (Å²) in [7, 11) is -2.08. The predicted octanol–water partition coefficient (Wildman–Crippen LogP) is 5.69. The molecule has 7 nitrogen and oxygen atoms in total. The van der Waals surface area contributed by atoms with Crippen molar-refractivity contribution in [3.63, 3.8) is 0 Å². The number of carbonyl (C=O) groups excluding carboxylic acids is 1. The average molecular weight is 673 g/mol. The molecular formula is C30H49IN2O5Si. The fourth-order valence-corrected chi connectivity index (χ4v) is 8.40. The monoisotopic (exact) mass is 672 g/mol. The van der Waals surface area contributed by atoms with Crippen molar-refractivity contribution in [2.45, 2.75) is 110 Å². The van der Waals surface area contributed by atoms with Gasteiger partial charge in [-0.15, -0.1) is 0 Å². The highest BCUT2D eigenvalue weighted by Gasteiger charge is 2.57. The molecule has 0 aromatic heterocycles. The van der Waals surface area contributed by atoms with Crippen LogP contribution in [-0.4, -0.2) is 60.4 Å². The van der Waals surface area contributed by atoms with Crippen LogP contribution in [-0.2, 0) is 20.6 Å². The van der Waals surface area contributed by atoms with Crippen molar-refractivity contribution < 1.29 is 24.3 Å². The first-order valence-corrected chi connectivity index (χ1v) is 18.5. The number of nitrogens with zero attached hydrogens (tertiary/aromatic N) is 1. The van der Waals surface area contributed by atoms with Crippen LogP contribution < -0.4 is 5.32 Å². The molecule has 3 aliphatic carbocycles. The summed E-state index contributed by atoms with van der Waals surface area (Å²) in [5, 5.41) is 26.8. The summed E-state index contributed by atoms with van der Waals surface area (Å²) in [6.45, 7) is 20.2. The van der Waals surface area contributed by atoms with E-state index in [1.807, 2.05) is 18.2 Å². The van der Waals surface area contributed by atoms with E-state index in [9.17, 15) is 15.0 Å². The number of phenols is 1. The maximum atomic E-state index is 14.1. The predicted molar refractivity (Wildman–Crippen MR) is 164 cm³/mol. The lowest BCUT2D eigenvalue weighted by molar-refractivity contribution is -0.182.